The van der Waals surface area contributed by atoms with Crippen LogP contribution < -0.4 is 10.5 Å². The van der Waals surface area contributed by atoms with Crippen molar-refractivity contribution < 1.29 is 26.7 Å². The highest BCUT2D eigenvalue weighted by molar-refractivity contribution is 5.57. The Morgan fingerprint density at radius 2 is 1.71 bits per heavy atom. The predicted octanol–water partition coefficient (Wildman–Crippen LogP) is 4.14. The van der Waals surface area contributed by atoms with Crippen molar-refractivity contribution in [3.63, 3.8) is 0 Å². The Kier molecular flexibility index (Phi) is 4.65. The third kappa shape index (κ3) is 3.16. The SMILES string of the molecule is N#CC1=C(N)Oc2c(c(C(F)(F)C(F)(F)F)nn2-c2ccccc2)C1c1ccccn1. The average molecular weight is 433 g/mol. The van der Waals surface area contributed by atoms with Gasteiger partial charge in [-0.05, 0) is 24.3 Å². The summed E-state index contributed by atoms with van der Waals surface area (Å²) in [5.74, 6) is -7.65. The lowest BCUT2D eigenvalue weighted by molar-refractivity contribution is -0.291. The van der Waals surface area contributed by atoms with Crippen molar-refractivity contribution >= 4 is 0 Å². The molecule has 0 saturated carbocycles. The van der Waals surface area contributed by atoms with Crippen molar-refractivity contribution in [2.45, 2.75) is 18.0 Å². The zero-order valence-electron chi connectivity index (χ0n) is 15.4. The minimum atomic E-state index is -5.94. The summed E-state index contributed by atoms with van der Waals surface area (Å²) >= 11 is 0. The van der Waals surface area contributed by atoms with Gasteiger partial charge in [-0.15, -0.1) is 0 Å². The minimum absolute atomic E-state index is 0.0402. The number of halogens is 5. The molecule has 6 nitrogen and oxygen atoms in total. The van der Waals surface area contributed by atoms with E-state index >= 15 is 0 Å². The van der Waals surface area contributed by atoms with Crippen molar-refractivity contribution in [2.75, 3.05) is 0 Å². The summed E-state index contributed by atoms with van der Waals surface area (Å²) in [5.41, 5.74) is 3.48. The number of hydrogen-bond donors (Lipinski definition) is 1. The van der Waals surface area contributed by atoms with Crippen LogP contribution in [0.5, 0.6) is 5.88 Å². The Morgan fingerprint density at radius 3 is 2.29 bits per heavy atom. The van der Waals surface area contributed by atoms with Gasteiger partial charge in [0.15, 0.2) is 0 Å². The van der Waals surface area contributed by atoms with E-state index in [-0.39, 0.29) is 17.0 Å². The van der Waals surface area contributed by atoms with Crippen molar-refractivity contribution in [3.8, 4) is 17.6 Å². The standard InChI is InChI=1S/C20H12F5N5O/c21-19(22,20(23,24)25)16-15-14(13-8-4-5-9-28-13)12(10-26)17(27)31-18(15)30(29-16)11-6-2-1-3-7-11/h1-9,14H,27H2. The number of para-hydroxylation sites is 1. The molecule has 3 heterocycles. The van der Waals surface area contributed by atoms with E-state index in [9.17, 15) is 27.2 Å². The van der Waals surface area contributed by atoms with E-state index in [0.717, 1.165) is 4.68 Å². The third-order valence-electron chi connectivity index (χ3n) is 4.69. The van der Waals surface area contributed by atoms with E-state index in [0.29, 0.717) is 0 Å². The summed E-state index contributed by atoms with van der Waals surface area (Å²) in [6.45, 7) is 0. The second-order valence-corrected chi connectivity index (χ2v) is 6.57. The molecular weight excluding hydrogens is 421 g/mol. The second-order valence-electron chi connectivity index (χ2n) is 6.57. The number of rotatable bonds is 3. The van der Waals surface area contributed by atoms with Gasteiger partial charge in [0.05, 0.1) is 22.9 Å². The molecule has 0 bridgehead atoms. The van der Waals surface area contributed by atoms with E-state index in [1.165, 1.54) is 36.5 Å². The topological polar surface area (TPSA) is 89.8 Å². The molecule has 0 saturated heterocycles. The fraction of sp³-hybridized carbons (Fsp3) is 0.150. The molecule has 3 aromatic rings. The van der Waals surface area contributed by atoms with Gasteiger partial charge < -0.3 is 10.5 Å². The average Bonchev–Trinajstić information content (AvgIpc) is 3.12. The molecule has 31 heavy (non-hydrogen) atoms. The van der Waals surface area contributed by atoms with Gasteiger partial charge in [0.1, 0.15) is 17.3 Å². The van der Waals surface area contributed by atoms with Crippen molar-refractivity contribution in [1.82, 2.24) is 14.8 Å². The Bertz CT molecular complexity index is 1200. The summed E-state index contributed by atoms with van der Waals surface area (Å²) in [7, 11) is 0. The number of nitriles is 1. The maximum atomic E-state index is 14.6. The molecule has 0 radical (unpaired) electrons. The molecular formula is C20H12F5N5O. The van der Waals surface area contributed by atoms with Crippen LogP contribution in [-0.4, -0.2) is 20.9 Å². The highest BCUT2D eigenvalue weighted by atomic mass is 19.4. The molecule has 2 N–H and O–H groups in total. The Balaban J connectivity index is 2.09. The number of nitrogens with zero attached hydrogens (tertiary/aromatic N) is 4. The molecule has 2 aromatic heterocycles. The summed E-state index contributed by atoms with van der Waals surface area (Å²) in [6, 6.07) is 13.8. The van der Waals surface area contributed by atoms with Crippen LogP contribution in [0.3, 0.4) is 0 Å². The maximum absolute atomic E-state index is 14.6. The van der Waals surface area contributed by atoms with E-state index in [1.807, 2.05) is 0 Å². The lowest BCUT2D eigenvalue weighted by atomic mass is 9.85. The first kappa shape index (κ1) is 20.3. The number of benzene rings is 1. The molecule has 1 aliphatic heterocycles. The zero-order chi connectivity index (χ0) is 22.4. The molecule has 158 valence electrons. The van der Waals surface area contributed by atoms with Gasteiger partial charge >= 0.3 is 12.1 Å². The van der Waals surface area contributed by atoms with Crippen LogP contribution in [0.4, 0.5) is 22.0 Å². The maximum Gasteiger partial charge on any atom is 0.459 e. The number of fused-ring (bicyclic) bond motifs is 1. The highest BCUT2D eigenvalue weighted by Crippen LogP contribution is 2.52. The quantitative estimate of drug-likeness (QED) is 0.627. The second kappa shape index (κ2) is 7.09. The van der Waals surface area contributed by atoms with Crippen molar-refractivity contribution in [2.24, 2.45) is 5.73 Å². The number of alkyl halides is 5. The van der Waals surface area contributed by atoms with Crippen LogP contribution in [-0.2, 0) is 5.92 Å². The minimum Gasteiger partial charge on any atom is -0.422 e. The fourth-order valence-electron chi connectivity index (χ4n) is 3.29. The molecule has 0 aliphatic carbocycles. The first-order valence-electron chi connectivity index (χ1n) is 8.78. The Hall–Kier alpha value is -3.94. The van der Waals surface area contributed by atoms with Gasteiger partial charge in [-0.1, -0.05) is 24.3 Å². The van der Waals surface area contributed by atoms with Gasteiger partial charge in [-0.25, -0.2) is 0 Å². The van der Waals surface area contributed by atoms with Gasteiger partial charge in [0.2, 0.25) is 11.8 Å². The van der Waals surface area contributed by atoms with Gasteiger partial charge in [0, 0.05) is 6.20 Å². The summed E-state index contributed by atoms with van der Waals surface area (Å²) in [6.07, 6.45) is -4.62. The van der Waals surface area contributed by atoms with E-state index in [1.54, 1.807) is 24.3 Å². The van der Waals surface area contributed by atoms with E-state index in [4.69, 9.17) is 10.5 Å². The van der Waals surface area contributed by atoms with E-state index < -0.39 is 41.0 Å². The van der Waals surface area contributed by atoms with Crippen molar-refractivity contribution in [1.29, 1.82) is 5.26 Å². The summed E-state index contributed by atoms with van der Waals surface area (Å²) < 4.78 is 75.3. The Morgan fingerprint density at radius 1 is 1.03 bits per heavy atom. The monoisotopic (exact) mass is 433 g/mol. The number of allylic oxidation sites excluding steroid dienone is 1. The molecule has 1 atom stereocenters. The molecule has 1 unspecified atom stereocenters. The molecule has 0 amide bonds. The lowest BCUT2D eigenvalue weighted by Gasteiger charge is -2.26. The van der Waals surface area contributed by atoms with Crippen LogP contribution in [0, 0.1) is 11.3 Å². The van der Waals surface area contributed by atoms with Gasteiger partial charge in [-0.3, -0.25) is 4.98 Å². The predicted molar refractivity (Wildman–Crippen MR) is 97.0 cm³/mol. The molecule has 0 spiro atoms. The van der Waals surface area contributed by atoms with Crippen LogP contribution in [0.15, 0.2) is 66.2 Å². The fourth-order valence-corrected chi connectivity index (χ4v) is 3.29. The zero-order valence-corrected chi connectivity index (χ0v) is 15.4. The first-order valence-corrected chi connectivity index (χ1v) is 8.78. The smallest absolute Gasteiger partial charge is 0.422 e. The van der Waals surface area contributed by atoms with Gasteiger partial charge in [0.25, 0.3) is 0 Å². The number of hydrogen-bond acceptors (Lipinski definition) is 5. The van der Waals surface area contributed by atoms with Crippen LogP contribution in [0.2, 0.25) is 0 Å². The van der Waals surface area contributed by atoms with Gasteiger partial charge in [-0.2, -0.15) is 37.0 Å². The number of pyridine rings is 1. The first-order chi connectivity index (χ1) is 14.7. The normalized spacial score (nSPS) is 16.5. The van der Waals surface area contributed by atoms with Crippen LogP contribution >= 0.6 is 0 Å². The summed E-state index contributed by atoms with van der Waals surface area (Å²) in [4.78, 5) is 4.04. The molecule has 0 fully saturated rings. The van der Waals surface area contributed by atoms with Crippen LogP contribution in [0.1, 0.15) is 22.9 Å². The number of aromatic nitrogens is 3. The number of nitrogens with two attached hydrogens (primary N) is 1. The third-order valence-corrected chi connectivity index (χ3v) is 4.69. The molecule has 1 aliphatic rings. The van der Waals surface area contributed by atoms with Crippen molar-refractivity contribution in [3.05, 3.63) is 83.1 Å². The summed E-state index contributed by atoms with van der Waals surface area (Å²) in [5, 5.41) is 13.1. The molecule has 1 aromatic carbocycles. The lowest BCUT2D eigenvalue weighted by Crippen LogP contribution is -2.36. The molecule has 4 rings (SSSR count). The Labute approximate surface area is 172 Å². The number of ether oxygens (including phenoxy) is 1. The van der Waals surface area contributed by atoms with E-state index in [2.05, 4.69) is 10.1 Å². The molecule has 11 heteroatoms. The van der Waals surface area contributed by atoms with Crippen LogP contribution in [0.25, 0.3) is 5.69 Å². The largest absolute Gasteiger partial charge is 0.459 e. The highest BCUT2D eigenvalue weighted by Gasteiger charge is 2.63.